The number of fused-ring (bicyclic) bond motifs is 1. The molecule has 3 rings (SSSR count). The van der Waals surface area contributed by atoms with E-state index in [-0.39, 0.29) is 5.69 Å². The minimum absolute atomic E-state index is 0.226. The number of ether oxygens (including phenoxy) is 1. The third kappa shape index (κ3) is 2.91. The second kappa shape index (κ2) is 5.94. The monoisotopic (exact) mass is 337 g/mol. The van der Waals surface area contributed by atoms with Crippen molar-refractivity contribution in [1.82, 2.24) is 9.97 Å². The summed E-state index contributed by atoms with van der Waals surface area (Å²) in [6, 6.07) is 9.01. The zero-order valence-corrected chi connectivity index (χ0v) is 13.2. The van der Waals surface area contributed by atoms with Crippen LogP contribution in [-0.2, 0) is 6.54 Å². The molecule has 0 aliphatic rings. The first-order chi connectivity index (χ1) is 10.6. The molecule has 5 nitrogen and oxygen atoms in total. The van der Waals surface area contributed by atoms with Gasteiger partial charge in [-0.15, -0.1) is 0 Å². The largest absolute Gasteiger partial charge is 0.495 e. The fourth-order valence-electron chi connectivity index (χ4n) is 2.31. The summed E-state index contributed by atoms with van der Waals surface area (Å²) in [6.45, 7) is 0.490. The Morgan fingerprint density at radius 3 is 2.68 bits per heavy atom. The number of hydrogen-bond donors (Lipinski definition) is 3. The van der Waals surface area contributed by atoms with Crippen molar-refractivity contribution < 1.29 is 4.74 Å². The van der Waals surface area contributed by atoms with E-state index in [1.54, 1.807) is 19.2 Å². The third-order valence-corrected chi connectivity index (χ3v) is 3.79. The Kier molecular flexibility index (Phi) is 4.00. The minimum Gasteiger partial charge on any atom is -0.495 e. The fourth-order valence-corrected chi connectivity index (χ4v) is 2.93. The molecule has 3 aromatic rings. The minimum atomic E-state index is -0.226. The molecule has 0 atom stereocenters. The molecule has 3 N–H and O–H groups in total. The molecule has 0 aliphatic carbocycles. The highest BCUT2D eigenvalue weighted by Gasteiger charge is 2.10. The third-order valence-electron chi connectivity index (χ3n) is 3.29. The van der Waals surface area contributed by atoms with Gasteiger partial charge < -0.3 is 20.0 Å². The van der Waals surface area contributed by atoms with Gasteiger partial charge in [0.2, 0.25) is 0 Å². The van der Waals surface area contributed by atoms with Crippen molar-refractivity contribution in [1.29, 1.82) is 0 Å². The zero-order valence-electron chi connectivity index (χ0n) is 11.7. The molecule has 2 aromatic carbocycles. The smallest absolute Gasteiger partial charge is 0.323 e. The van der Waals surface area contributed by atoms with Crippen molar-refractivity contribution in [2.75, 3.05) is 12.4 Å². The predicted octanol–water partition coefficient (Wildman–Crippen LogP) is 3.78. The number of methoxy groups -OCH3 is 1. The Morgan fingerprint density at radius 2 is 1.91 bits per heavy atom. The van der Waals surface area contributed by atoms with E-state index in [0.29, 0.717) is 22.3 Å². The van der Waals surface area contributed by atoms with Gasteiger partial charge in [0.25, 0.3) is 0 Å². The number of rotatable bonds is 4. The van der Waals surface area contributed by atoms with E-state index in [9.17, 15) is 4.79 Å². The van der Waals surface area contributed by atoms with E-state index >= 15 is 0 Å². The van der Waals surface area contributed by atoms with Crippen molar-refractivity contribution >= 4 is 39.9 Å². The molecule has 0 amide bonds. The van der Waals surface area contributed by atoms with Gasteiger partial charge in [-0.05, 0) is 30.3 Å². The van der Waals surface area contributed by atoms with Crippen molar-refractivity contribution in [3.63, 3.8) is 0 Å². The molecule has 0 fully saturated rings. The maximum atomic E-state index is 11.3. The lowest BCUT2D eigenvalue weighted by molar-refractivity contribution is 0.410. The van der Waals surface area contributed by atoms with Gasteiger partial charge in [0, 0.05) is 22.8 Å². The molecular formula is C15H13Cl2N3O2. The van der Waals surface area contributed by atoms with Crippen LogP contribution in [0, 0.1) is 0 Å². The van der Waals surface area contributed by atoms with Crippen LogP contribution in [0.15, 0.2) is 35.1 Å². The van der Waals surface area contributed by atoms with E-state index < -0.39 is 0 Å². The van der Waals surface area contributed by atoms with Crippen LogP contribution in [0.4, 0.5) is 5.69 Å². The first kappa shape index (κ1) is 14.8. The Balaban J connectivity index is 1.85. The summed E-state index contributed by atoms with van der Waals surface area (Å²) < 4.78 is 5.31. The quantitative estimate of drug-likeness (QED) is 0.678. The highest BCUT2D eigenvalue weighted by molar-refractivity contribution is 6.35. The topological polar surface area (TPSA) is 69.9 Å². The summed E-state index contributed by atoms with van der Waals surface area (Å²) in [5.41, 5.74) is 2.99. The predicted molar refractivity (Wildman–Crippen MR) is 89.3 cm³/mol. The van der Waals surface area contributed by atoms with Gasteiger partial charge in [0.05, 0.1) is 23.2 Å². The Morgan fingerprint density at radius 1 is 1.14 bits per heavy atom. The van der Waals surface area contributed by atoms with E-state index in [1.807, 2.05) is 18.2 Å². The van der Waals surface area contributed by atoms with E-state index in [4.69, 9.17) is 27.9 Å². The number of imidazole rings is 1. The number of aromatic nitrogens is 2. The number of halogens is 2. The van der Waals surface area contributed by atoms with Gasteiger partial charge in [0.1, 0.15) is 5.75 Å². The average Bonchev–Trinajstić information content (AvgIpc) is 2.83. The number of benzene rings is 2. The summed E-state index contributed by atoms with van der Waals surface area (Å²) in [5.74, 6) is 0.592. The summed E-state index contributed by atoms with van der Waals surface area (Å²) in [7, 11) is 1.56. The molecule has 7 heteroatoms. The average molecular weight is 338 g/mol. The number of aromatic amines is 2. The molecule has 1 heterocycles. The molecule has 0 saturated heterocycles. The van der Waals surface area contributed by atoms with Crippen LogP contribution in [0.3, 0.4) is 0 Å². The molecule has 0 unspecified atom stereocenters. The molecule has 114 valence electrons. The highest BCUT2D eigenvalue weighted by atomic mass is 35.5. The van der Waals surface area contributed by atoms with Gasteiger partial charge in [0.15, 0.2) is 0 Å². The van der Waals surface area contributed by atoms with Crippen molar-refractivity contribution in [3.05, 3.63) is 56.4 Å². The molecule has 0 bridgehead atoms. The Labute approximate surface area is 136 Å². The van der Waals surface area contributed by atoms with Crippen molar-refractivity contribution in [2.24, 2.45) is 0 Å². The number of anilines is 1. The molecule has 22 heavy (non-hydrogen) atoms. The first-order valence-electron chi connectivity index (χ1n) is 6.54. The van der Waals surface area contributed by atoms with E-state index in [0.717, 1.165) is 22.3 Å². The summed E-state index contributed by atoms with van der Waals surface area (Å²) in [4.78, 5) is 16.7. The van der Waals surface area contributed by atoms with Gasteiger partial charge >= 0.3 is 5.69 Å². The summed E-state index contributed by atoms with van der Waals surface area (Å²) in [6.07, 6.45) is 0. The standard InChI is InChI=1S/C15H13Cl2N3O2/c1-22-14-8(4-9(16)5-11(14)17)7-18-10-2-3-12-13(6-10)20-15(21)19-12/h2-6,18H,7H2,1H3,(H2,19,20,21). The van der Waals surface area contributed by atoms with Gasteiger partial charge in [-0.3, -0.25) is 0 Å². The Bertz CT molecular complexity index is 886. The molecule has 1 aromatic heterocycles. The van der Waals surface area contributed by atoms with Gasteiger partial charge in [-0.25, -0.2) is 4.79 Å². The van der Waals surface area contributed by atoms with Crippen LogP contribution in [0.25, 0.3) is 11.0 Å². The normalized spacial score (nSPS) is 10.9. The van der Waals surface area contributed by atoms with Gasteiger partial charge in [-0.2, -0.15) is 0 Å². The van der Waals surface area contributed by atoms with Crippen LogP contribution < -0.4 is 15.7 Å². The first-order valence-corrected chi connectivity index (χ1v) is 7.30. The van der Waals surface area contributed by atoms with Crippen molar-refractivity contribution in [3.8, 4) is 5.75 Å². The highest BCUT2D eigenvalue weighted by Crippen LogP contribution is 2.32. The Hall–Kier alpha value is -2.11. The SMILES string of the molecule is COc1c(Cl)cc(Cl)cc1CNc1ccc2[nH]c(=O)[nH]c2c1. The lowest BCUT2D eigenvalue weighted by Gasteiger charge is -2.12. The molecule has 0 aliphatic heterocycles. The maximum absolute atomic E-state index is 11.3. The fraction of sp³-hybridized carbons (Fsp3) is 0.133. The molecule has 0 saturated carbocycles. The molecule has 0 radical (unpaired) electrons. The van der Waals surface area contributed by atoms with Crippen LogP contribution in [-0.4, -0.2) is 17.1 Å². The number of nitrogens with one attached hydrogen (secondary N) is 3. The second-order valence-electron chi connectivity index (χ2n) is 4.77. The van der Waals surface area contributed by atoms with Crippen molar-refractivity contribution in [2.45, 2.75) is 6.54 Å². The lowest BCUT2D eigenvalue weighted by atomic mass is 10.2. The van der Waals surface area contributed by atoms with Crippen LogP contribution in [0.2, 0.25) is 10.0 Å². The van der Waals surface area contributed by atoms with Crippen LogP contribution in [0.1, 0.15) is 5.56 Å². The molecular weight excluding hydrogens is 325 g/mol. The van der Waals surface area contributed by atoms with E-state index in [2.05, 4.69) is 15.3 Å². The summed E-state index contributed by atoms with van der Waals surface area (Å²) >= 11 is 12.1. The second-order valence-corrected chi connectivity index (χ2v) is 5.62. The molecule has 0 spiro atoms. The number of hydrogen-bond acceptors (Lipinski definition) is 3. The van der Waals surface area contributed by atoms with Gasteiger partial charge in [-0.1, -0.05) is 23.2 Å². The summed E-state index contributed by atoms with van der Waals surface area (Å²) in [5, 5.41) is 4.28. The zero-order chi connectivity index (χ0) is 15.7. The lowest BCUT2D eigenvalue weighted by Crippen LogP contribution is -2.02. The van der Waals surface area contributed by atoms with Crippen LogP contribution in [0.5, 0.6) is 5.75 Å². The van der Waals surface area contributed by atoms with Crippen LogP contribution >= 0.6 is 23.2 Å². The number of H-pyrrole nitrogens is 2. The van der Waals surface area contributed by atoms with E-state index in [1.165, 1.54) is 0 Å². The maximum Gasteiger partial charge on any atom is 0.323 e.